The highest BCUT2D eigenvalue weighted by atomic mass is 35.5. The lowest BCUT2D eigenvalue weighted by molar-refractivity contribution is 0.329. The molecule has 0 fully saturated rings. The number of fused-ring (bicyclic) bond motifs is 1. The molecule has 1 aliphatic rings. The average Bonchev–Trinajstić information content (AvgIpc) is 2.86. The molecular formula is C16H24ClNO. The van der Waals surface area contributed by atoms with Gasteiger partial charge in [0.15, 0.2) is 0 Å². The largest absolute Gasteiger partial charge is 0.493 e. The zero-order valence-electron chi connectivity index (χ0n) is 12.1. The van der Waals surface area contributed by atoms with Crippen molar-refractivity contribution in [1.29, 1.82) is 0 Å². The van der Waals surface area contributed by atoms with Crippen LogP contribution in [0.3, 0.4) is 0 Å². The minimum absolute atomic E-state index is 0.329. The molecule has 19 heavy (non-hydrogen) atoms. The molecule has 1 N–H and O–H groups in total. The highest BCUT2D eigenvalue weighted by molar-refractivity contribution is 6.30. The molecule has 0 radical (unpaired) electrons. The summed E-state index contributed by atoms with van der Waals surface area (Å²) in [6.45, 7) is 8.52. The maximum absolute atomic E-state index is 6.27. The van der Waals surface area contributed by atoms with Gasteiger partial charge in [0.1, 0.15) is 5.75 Å². The van der Waals surface area contributed by atoms with E-state index in [1.165, 1.54) is 11.1 Å². The molecule has 1 aromatic carbocycles. The van der Waals surface area contributed by atoms with Crippen LogP contribution in [0.15, 0.2) is 12.1 Å². The summed E-state index contributed by atoms with van der Waals surface area (Å²) in [4.78, 5) is 0. The van der Waals surface area contributed by atoms with Gasteiger partial charge in [-0.15, -0.1) is 0 Å². The van der Waals surface area contributed by atoms with Crippen LogP contribution in [0.5, 0.6) is 5.75 Å². The van der Waals surface area contributed by atoms with E-state index in [0.717, 1.165) is 43.2 Å². The Balaban J connectivity index is 2.35. The van der Waals surface area contributed by atoms with Gasteiger partial charge in [0.25, 0.3) is 0 Å². The summed E-state index contributed by atoms with van der Waals surface area (Å²) in [5.41, 5.74) is 2.50. The predicted octanol–water partition coefficient (Wildman–Crippen LogP) is 4.36. The van der Waals surface area contributed by atoms with Crippen molar-refractivity contribution in [2.75, 3.05) is 13.2 Å². The molecule has 1 aliphatic heterocycles. The molecule has 0 aliphatic carbocycles. The van der Waals surface area contributed by atoms with Crippen LogP contribution < -0.4 is 10.1 Å². The minimum Gasteiger partial charge on any atom is -0.493 e. The van der Waals surface area contributed by atoms with Gasteiger partial charge in [-0.2, -0.15) is 0 Å². The first-order valence-electron chi connectivity index (χ1n) is 7.35. The summed E-state index contributed by atoms with van der Waals surface area (Å²) in [7, 11) is 0. The number of benzene rings is 1. The highest BCUT2D eigenvalue weighted by Crippen LogP contribution is 2.39. The first-order chi connectivity index (χ1) is 9.17. The van der Waals surface area contributed by atoms with Crippen LogP contribution in [0.25, 0.3) is 0 Å². The first-order valence-corrected chi connectivity index (χ1v) is 7.73. The lowest BCUT2D eigenvalue weighted by Crippen LogP contribution is -2.28. The Morgan fingerprint density at radius 3 is 2.84 bits per heavy atom. The van der Waals surface area contributed by atoms with E-state index < -0.39 is 0 Å². The third-order valence-corrected chi connectivity index (χ3v) is 4.16. The SMILES string of the molecule is CCCNC(c1cc(Cl)cc2c1OCC2)C(C)CC. The van der Waals surface area contributed by atoms with Crippen LogP contribution in [-0.4, -0.2) is 13.2 Å². The Bertz CT molecular complexity index is 433. The molecule has 0 amide bonds. The Morgan fingerprint density at radius 2 is 2.16 bits per heavy atom. The summed E-state index contributed by atoms with van der Waals surface area (Å²) in [6, 6.07) is 4.45. The summed E-state index contributed by atoms with van der Waals surface area (Å²) in [5, 5.41) is 4.48. The van der Waals surface area contributed by atoms with Gasteiger partial charge in [-0.05, 0) is 36.6 Å². The topological polar surface area (TPSA) is 21.3 Å². The van der Waals surface area contributed by atoms with E-state index in [0.29, 0.717) is 12.0 Å². The van der Waals surface area contributed by atoms with Gasteiger partial charge in [0.05, 0.1) is 6.61 Å². The second-order valence-corrected chi connectivity index (χ2v) is 5.84. The monoisotopic (exact) mass is 281 g/mol. The number of rotatable bonds is 6. The van der Waals surface area contributed by atoms with Gasteiger partial charge in [-0.25, -0.2) is 0 Å². The van der Waals surface area contributed by atoms with Crippen molar-refractivity contribution in [2.24, 2.45) is 5.92 Å². The maximum atomic E-state index is 6.27. The Kier molecular flexibility index (Phi) is 5.12. The van der Waals surface area contributed by atoms with E-state index in [9.17, 15) is 0 Å². The molecule has 106 valence electrons. The molecule has 3 heteroatoms. The van der Waals surface area contributed by atoms with Gasteiger partial charge in [0, 0.05) is 23.0 Å². The van der Waals surface area contributed by atoms with Crippen LogP contribution >= 0.6 is 11.6 Å². The zero-order valence-corrected chi connectivity index (χ0v) is 12.9. The zero-order chi connectivity index (χ0) is 13.8. The molecule has 1 heterocycles. The number of halogens is 1. The Morgan fingerprint density at radius 1 is 1.37 bits per heavy atom. The Labute approximate surface area is 121 Å². The second-order valence-electron chi connectivity index (χ2n) is 5.40. The molecule has 2 nitrogen and oxygen atoms in total. The number of ether oxygens (including phenoxy) is 1. The summed E-state index contributed by atoms with van der Waals surface area (Å²) in [6.07, 6.45) is 3.25. The maximum Gasteiger partial charge on any atom is 0.127 e. The molecule has 0 spiro atoms. The standard InChI is InChI=1S/C16H24ClNO/c1-4-7-18-15(11(3)5-2)14-10-13(17)9-12-6-8-19-16(12)14/h9-11,15,18H,4-8H2,1-3H3. The first kappa shape index (κ1) is 14.7. The van der Waals surface area contributed by atoms with Crippen molar-refractivity contribution in [3.63, 3.8) is 0 Å². The van der Waals surface area contributed by atoms with E-state index in [1.807, 2.05) is 6.07 Å². The third kappa shape index (κ3) is 3.24. The minimum atomic E-state index is 0.329. The number of hydrogen-bond acceptors (Lipinski definition) is 2. The molecule has 0 aromatic heterocycles. The van der Waals surface area contributed by atoms with Crippen molar-refractivity contribution in [2.45, 2.75) is 46.1 Å². The molecular weight excluding hydrogens is 258 g/mol. The molecule has 1 aromatic rings. The van der Waals surface area contributed by atoms with E-state index >= 15 is 0 Å². The second kappa shape index (κ2) is 6.62. The fourth-order valence-electron chi connectivity index (χ4n) is 2.68. The molecule has 2 unspecified atom stereocenters. The average molecular weight is 282 g/mol. The van der Waals surface area contributed by atoms with Crippen molar-refractivity contribution in [1.82, 2.24) is 5.32 Å². The smallest absolute Gasteiger partial charge is 0.127 e. The molecule has 2 rings (SSSR count). The highest BCUT2D eigenvalue weighted by Gasteiger charge is 2.26. The van der Waals surface area contributed by atoms with Gasteiger partial charge in [-0.3, -0.25) is 0 Å². The fraction of sp³-hybridized carbons (Fsp3) is 0.625. The summed E-state index contributed by atoms with van der Waals surface area (Å²) >= 11 is 6.27. The van der Waals surface area contributed by atoms with Gasteiger partial charge < -0.3 is 10.1 Å². The molecule has 2 atom stereocenters. The van der Waals surface area contributed by atoms with Crippen molar-refractivity contribution in [3.8, 4) is 5.75 Å². The van der Waals surface area contributed by atoms with E-state index in [-0.39, 0.29) is 0 Å². The summed E-state index contributed by atoms with van der Waals surface area (Å²) < 4.78 is 5.84. The molecule has 0 saturated carbocycles. The van der Waals surface area contributed by atoms with Crippen LogP contribution in [0.2, 0.25) is 5.02 Å². The van der Waals surface area contributed by atoms with E-state index in [2.05, 4.69) is 32.2 Å². The lowest BCUT2D eigenvalue weighted by Gasteiger charge is -2.26. The van der Waals surface area contributed by atoms with Crippen LogP contribution in [0.1, 0.15) is 50.8 Å². The normalized spacial score (nSPS) is 16.8. The van der Waals surface area contributed by atoms with Crippen LogP contribution in [0.4, 0.5) is 0 Å². The number of nitrogens with one attached hydrogen (secondary N) is 1. The van der Waals surface area contributed by atoms with Crippen molar-refractivity contribution in [3.05, 3.63) is 28.3 Å². The third-order valence-electron chi connectivity index (χ3n) is 3.94. The van der Waals surface area contributed by atoms with Crippen LogP contribution in [0, 0.1) is 5.92 Å². The molecule has 0 saturated heterocycles. The van der Waals surface area contributed by atoms with Gasteiger partial charge in [0.2, 0.25) is 0 Å². The Hall–Kier alpha value is -0.730. The van der Waals surface area contributed by atoms with Gasteiger partial charge in [-0.1, -0.05) is 38.8 Å². The lowest BCUT2D eigenvalue weighted by atomic mass is 9.90. The fourth-order valence-corrected chi connectivity index (χ4v) is 2.93. The van der Waals surface area contributed by atoms with E-state index in [1.54, 1.807) is 0 Å². The van der Waals surface area contributed by atoms with E-state index in [4.69, 9.17) is 16.3 Å². The predicted molar refractivity (Wildman–Crippen MR) is 81.1 cm³/mol. The van der Waals surface area contributed by atoms with Crippen LogP contribution in [-0.2, 0) is 6.42 Å². The quantitative estimate of drug-likeness (QED) is 0.836. The number of hydrogen-bond donors (Lipinski definition) is 1. The van der Waals surface area contributed by atoms with Gasteiger partial charge >= 0.3 is 0 Å². The summed E-state index contributed by atoms with van der Waals surface area (Å²) in [5.74, 6) is 1.64. The van der Waals surface area contributed by atoms with Crippen molar-refractivity contribution >= 4 is 11.6 Å². The van der Waals surface area contributed by atoms with Crippen molar-refractivity contribution < 1.29 is 4.74 Å². The molecule has 0 bridgehead atoms.